The number of nitrogens with two attached hydrogens (primary N) is 1. The van der Waals surface area contributed by atoms with Crippen molar-refractivity contribution in [3.63, 3.8) is 0 Å². The molecule has 0 unspecified atom stereocenters. The molecule has 0 aliphatic carbocycles. The number of rotatable bonds is 5. The van der Waals surface area contributed by atoms with Gasteiger partial charge in [0.2, 0.25) is 0 Å². The smallest absolute Gasteiger partial charge is 0.0367 e. The molecule has 106 valence electrons. The minimum atomic E-state index is 0.613. The Kier molecular flexibility index (Phi) is 5.23. The van der Waals surface area contributed by atoms with Crippen molar-refractivity contribution >= 4 is 5.69 Å². The first-order chi connectivity index (χ1) is 9.20. The molecule has 1 aromatic carbocycles. The summed E-state index contributed by atoms with van der Waals surface area (Å²) in [5.41, 5.74) is 8.35. The summed E-state index contributed by atoms with van der Waals surface area (Å²) in [7, 11) is 0. The van der Waals surface area contributed by atoms with E-state index in [1.807, 2.05) is 0 Å². The third-order valence-corrected chi connectivity index (χ3v) is 3.98. The van der Waals surface area contributed by atoms with Crippen LogP contribution in [0, 0.1) is 0 Å². The number of piperazine rings is 1. The molecule has 0 radical (unpaired) electrons. The lowest BCUT2D eigenvalue weighted by atomic mass is 10.0. The normalized spacial score (nSPS) is 17.2. The van der Waals surface area contributed by atoms with Crippen molar-refractivity contribution in [1.82, 2.24) is 4.90 Å². The van der Waals surface area contributed by atoms with E-state index in [1.54, 1.807) is 0 Å². The average molecular weight is 261 g/mol. The summed E-state index contributed by atoms with van der Waals surface area (Å²) in [4.78, 5) is 5.01. The van der Waals surface area contributed by atoms with Crippen LogP contribution in [0.3, 0.4) is 0 Å². The highest BCUT2D eigenvalue weighted by Crippen LogP contribution is 2.21. The first-order valence-electron chi connectivity index (χ1n) is 7.48. The van der Waals surface area contributed by atoms with Gasteiger partial charge in [0.1, 0.15) is 0 Å². The van der Waals surface area contributed by atoms with Gasteiger partial charge in [0.05, 0.1) is 0 Å². The fourth-order valence-electron chi connectivity index (χ4n) is 2.61. The lowest BCUT2D eigenvalue weighted by molar-refractivity contribution is 0.256. The van der Waals surface area contributed by atoms with Crippen LogP contribution < -0.4 is 10.6 Å². The van der Waals surface area contributed by atoms with Gasteiger partial charge in [-0.05, 0) is 43.1 Å². The Bertz CT molecular complexity index is 364. The first-order valence-corrected chi connectivity index (χ1v) is 7.48. The second kappa shape index (κ2) is 6.92. The van der Waals surface area contributed by atoms with E-state index < -0.39 is 0 Å². The Morgan fingerprint density at radius 3 is 2.21 bits per heavy atom. The Balaban J connectivity index is 1.87. The van der Waals surface area contributed by atoms with Crippen LogP contribution in [0.4, 0.5) is 5.69 Å². The van der Waals surface area contributed by atoms with E-state index in [9.17, 15) is 0 Å². The molecule has 0 spiro atoms. The maximum absolute atomic E-state index is 5.57. The number of hydrogen-bond donors (Lipinski definition) is 1. The molecule has 19 heavy (non-hydrogen) atoms. The van der Waals surface area contributed by atoms with Gasteiger partial charge >= 0.3 is 0 Å². The quantitative estimate of drug-likeness (QED) is 0.882. The fourth-order valence-corrected chi connectivity index (χ4v) is 2.61. The number of anilines is 1. The first kappa shape index (κ1) is 14.4. The molecule has 1 saturated heterocycles. The minimum Gasteiger partial charge on any atom is -0.369 e. The second-order valence-corrected chi connectivity index (χ2v) is 5.72. The second-order valence-electron chi connectivity index (χ2n) is 5.72. The molecule has 1 aliphatic rings. The summed E-state index contributed by atoms with van der Waals surface area (Å²) in [5, 5.41) is 0. The van der Waals surface area contributed by atoms with Crippen molar-refractivity contribution in [3.8, 4) is 0 Å². The molecule has 0 saturated carbocycles. The molecule has 3 nitrogen and oxygen atoms in total. The van der Waals surface area contributed by atoms with E-state index >= 15 is 0 Å². The highest BCUT2D eigenvalue weighted by Gasteiger charge is 2.16. The van der Waals surface area contributed by atoms with Crippen molar-refractivity contribution in [2.45, 2.75) is 26.2 Å². The molecule has 0 atom stereocenters. The summed E-state index contributed by atoms with van der Waals surface area (Å²) >= 11 is 0. The van der Waals surface area contributed by atoms with Crippen LogP contribution in [-0.4, -0.2) is 44.2 Å². The van der Waals surface area contributed by atoms with E-state index in [0.717, 1.165) is 45.7 Å². The summed E-state index contributed by atoms with van der Waals surface area (Å²) in [6.07, 6.45) is 1.11. The van der Waals surface area contributed by atoms with Crippen LogP contribution in [0.1, 0.15) is 31.7 Å². The van der Waals surface area contributed by atoms with E-state index in [0.29, 0.717) is 5.92 Å². The molecule has 3 heteroatoms. The zero-order valence-corrected chi connectivity index (χ0v) is 12.3. The van der Waals surface area contributed by atoms with Crippen LogP contribution in [0.15, 0.2) is 24.3 Å². The van der Waals surface area contributed by atoms with Gasteiger partial charge in [-0.1, -0.05) is 26.0 Å². The van der Waals surface area contributed by atoms with Gasteiger partial charge in [0, 0.05) is 31.9 Å². The van der Waals surface area contributed by atoms with Gasteiger partial charge in [0.25, 0.3) is 0 Å². The van der Waals surface area contributed by atoms with Gasteiger partial charge in [0.15, 0.2) is 0 Å². The predicted octanol–water partition coefficient (Wildman–Crippen LogP) is 2.28. The topological polar surface area (TPSA) is 32.5 Å². The number of benzene rings is 1. The minimum absolute atomic E-state index is 0.613. The van der Waals surface area contributed by atoms with Gasteiger partial charge in [-0.2, -0.15) is 0 Å². The molecule has 1 aromatic rings. The molecule has 2 rings (SSSR count). The molecule has 0 aromatic heterocycles. The molecule has 0 amide bonds. The highest BCUT2D eigenvalue weighted by molar-refractivity contribution is 5.48. The van der Waals surface area contributed by atoms with E-state index in [-0.39, 0.29) is 0 Å². The molecular formula is C16H27N3. The molecule has 2 N–H and O–H groups in total. The molecular weight excluding hydrogens is 234 g/mol. The van der Waals surface area contributed by atoms with Gasteiger partial charge < -0.3 is 10.6 Å². The standard InChI is InChI=1S/C16H27N3/c1-14(2)15-4-6-16(7-5-15)19-12-10-18(11-13-19)9-3-8-17/h4-7,14H,3,8-13,17H2,1-2H3. The van der Waals surface area contributed by atoms with E-state index in [2.05, 4.69) is 47.9 Å². The predicted molar refractivity (Wildman–Crippen MR) is 82.9 cm³/mol. The zero-order chi connectivity index (χ0) is 13.7. The van der Waals surface area contributed by atoms with Crippen LogP contribution in [0.2, 0.25) is 0 Å². The maximum Gasteiger partial charge on any atom is 0.0367 e. The third-order valence-electron chi connectivity index (χ3n) is 3.98. The van der Waals surface area contributed by atoms with Gasteiger partial charge in [-0.25, -0.2) is 0 Å². The van der Waals surface area contributed by atoms with Gasteiger partial charge in [-0.3, -0.25) is 4.90 Å². The zero-order valence-electron chi connectivity index (χ0n) is 12.3. The Labute approximate surface area is 117 Å². The molecule has 1 fully saturated rings. The summed E-state index contributed by atoms with van der Waals surface area (Å²) in [6.45, 7) is 11.0. The molecule has 0 bridgehead atoms. The third kappa shape index (κ3) is 3.95. The average Bonchev–Trinajstić information content (AvgIpc) is 2.46. The molecule has 1 heterocycles. The largest absolute Gasteiger partial charge is 0.369 e. The lowest BCUT2D eigenvalue weighted by Crippen LogP contribution is -2.46. The monoisotopic (exact) mass is 261 g/mol. The van der Waals surface area contributed by atoms with Crippen molar-refractivity contribution in [2.75, 3.05) is 44.2 Å². The number of nitrogens with zero attached hydrogens (tertiary/aromatic N) is 2. The van der Waals surface area contributed by atoms with Crippen molar-refractivity contribution in [1.29, 1.82) is 0 Å². The van der Waals surface area contributed by atoms with Gasteiger partial charge in [-0.15, -0.1) is 0 Å². The van der Waals surface area contributed by atoms with Crippen LogP contribution in [-0.2, 0) is 0 Å². The van der Waals surface area contributed by atoms with Crippen LogP contribution in [0.5, 0.6) is 0 Å². The summed E-state index contributed by atoms with van der Waals surface area (Å²) in [5.74, 6) is 0.613. The van der Waals surface area contributed by atoms with Crippen molar-refractivity contribution < 1.29 is 0 Å². The number of hydrogen-bond acceptors (Lipinski definition) is 3. The Morgan fingerprint density at radius 1 is 1.05 bits per heavy atom. The summed E-state index contributed by atoms with van der Waals surface area (Å²) < 4.78 is 0. The van der Waals surface area contributed by atoms with E-state index in [4.69, 9.17) is 5.73 Å². The fraction of sp³-hybridized carbons (Fsp3) is 0.625. The highest BCUT2D eigenvalue weighted by atomic mass is 15.3. The Morgan fingerprint density at radius 2 is 1.68 bits per heavy atom. The van der Waals surface area contributed by atoms with Crippen molar-refractivity contribution in [3.05, 3.63) is 29.8 Å². The summed E-state index contributed by atoms with van der Waals surface area (Å²) in [6, 6.07) is 9.07. The molecule has 1 aliphatic heterocycles. The van der Waals surface area contributed by atoms with E-state index in [1.165, 1.54) is 11.3 Å². The lowest BCUT2D eigenvalue weighted by Gasteiger charge is -2.36. The van der Waals surface area contributed by atoms with Crippen molar-refractivity contribution in [2.24, 2.45) is 5.73 Å². The van der Waals surface area contributed by atoms with Crippen LogP contribution >= 0.6 is 0 Å². The maximum atomic E-state index is 5.57. The Hall–Kier alpha value is -1.06. The van der Waals surface area contributed by atoms with Crippen LogP contribution in [0.25, 0.3) is 0 Å². The SMILES string of the molecule is CC(C)c1ccc(N2CCN(CCCN)CC2)cc1.